The first-order chi connectivity index (χ1) is 16.1. The summed E-state index contributed by atoms with van der Waals surface area (Å²) >= 11 is 0. The fourth-order valence-corrected chi connectivity index (χ4v) is 6.72. The molecule has 0 radical (unpaired) electrons. The van der Waals surface area contributed by atoms with Crippen molar-refractivity contribution < 1.29 is 42.6 Å². The van der Waals surface area contributed by atoms with Crippen LogP contribution in [-0.2, 0) is 23.9 Å². The molecule has 0 spiro atoms. The Hall–Kier alpha value is -3.36. The van der Waals surface area contributed by atoms with E-state index in [0.717, 1.165) is 0 Å². The number of hydrogen-bond acceptors (Lipinski definition) is 8. The number of cyclic esters (lactones) is 1. The molecule has 1 aliphatic heterocycles. The smallest absolute Gasteiger partial charge is 0.374 e. The normalized spacial score (nSPS) is 37.3. The number of fused-ring (bicyclic) bond motifs is 3. The van der Waals surface area contributed by atoms with Gasteiger partial charge in [0.2, 0.25) is 5.76 Å². The van der Waals surface area contributed by atoms with Crippen molar-refractivity contribution in [3.8, 4) is 0 Å². The number of hydrogen-bond donors (Lipinski definition) is 1. The third-order valence-electron chi connectivity index (χ3n) is 8.29. The first kappa shape index (κ1) is 22.4. The highest BCUT2D eigenvalue weighted by Gasteiger charge is 2.67. The van der Waals surface area contributed by atoms with Crippen molar-refractivity contribution in [2.24, 2.45) is 28.6 Å². The van der Waals surface area contributed by atoms with Crippen LogP contribution in [0.5, 0.6) is 0 Å². The summed E-state index contributed by atoms with van der Waals surface area (Å²) in [5.74, 6) is -5.01. The molecule has 7 atom stereocenters. The molecule has 34 heavy (non-hydrogen) atoms. The summed E-state index contributed by atoms with van der Waals surface area (Å²) in [5.41, 5.74) is -1.11. The number of esters is 2. The van der Waals surface area contributed by atoms with E-state index in [0.29, 0.717) is 24.8 Å². The van der Waals surface area contributed by atoms with Crippen LogP contribution in [0, 0.1) is 28.6 Å². The Kier molecular flexibility index (Phi) is 5.18. The molecule has 1 saturated heterocycles. The maximum atomic E-state index is 13.9. The topological polar surface area (TPSA) is 133 Å². The Morgan fingerprint density at radius 2 is 1.94 bits per heavy atom. The Bertz CT molecular complexity index is 1120. The number of carbonyl (C=O) groups is 4. The number of carbonyl (C=O) groups excluding carboxylic acids is 3. The van der Waals surface area contributed by atoms with Gasteiger partial charge in [0.05, 0.1) is 30.6 Å². The van der Waals surface area contributed by atoms with Gasteiger partial charge in [0.1, 0.15) is 6.10 Å². The van der Waals surface area contributed by atoms with Gasteiger partial charge >= 0.3 is 17.9 Å². The summed E-state index contributed by atoms with van der Waals surface area (Å²) in [5, 5.41) is 10.1. The molecule has 5 rings (SSSR count). The first-order valence-electron chi connectivity index (χ1n) is 11.4. The van der Waals surface area contributed by atoms with Gasteiger partial charge in [-0.3, -0.25) is 14.4 Å². The summed E-state index contributed by atoms with van der Waals surface area (Å²) in [6, 6.07) is 4.65. The van der Waals surface area contributed by atoms with E-state index in [9.17, 15) is 24.3 Å². The van der Waals surface area contributed by atoms with Crippen molar-refractivity contribution in [1.82, 2.24) is 0 Å². The predicted octanol–water partition coefficient (Wildman–Crippen LogP) is 3.80. The van der Waals surface area contributed by atoms with E-state index in [2.05, 4.69) is 0 Å². The Balaban J connectivity index is 1.54. The molecular weight excluding hydrogens is 444 g/mol. The maximum Gasteiger partial charge on any atom is 0.374 e. The van der Waals surface area contributed by atoms with Gasteiger partial charge in [-0.05, 0) is 48.3 Å². The monoisotopic (exact) mass is 470 g/mol. The minimum absolute atomic E-state index is 0.0676. The van der Waals surface area contributed by atoms with Gasteiger partial charge in [-0.1, -0.05) is 13.8 Å². The third kappa shape index (κ3) is 3.28. The molecule has 2 saturated carbocycles. The zero-order chi connectivity index (χ0) is 24.3. The van der Waals surface area contributed by atoms with E-state index >= 15 is 0 Å². The van der Waals surface area contributed by atoms with Gasteiger partial charge < -0.3 is 23.4 Å². The molecule has 1 N–H and O–H groups in total. The molecule has 9 nitrogen and oxygen atoms in total. The lowest BCUT2D eigenvalue weighted by molar-refractivity contribution is -0.207. The summed E-state index contributed by atoms with van der Waals surface area (Å²) in [6.07, 6.45) is 3.45. The number of furan rings is 2. The lowest BCUT2D eigenvalue weighted by atomic mass is 9.43. The number of rotatable bonds is 4. The average molecular weight is 470 g/mol. The molecule has 3 heterocycles. The van der Waals surface area contributed by atoms with Gasteiger partial charge in [0.25, 0.3) is 0 Å². The maximum absolute atomic E-state index is 13.9. The van der Waals surface area contributed by atoms with Gasteiger partial charge in [-0.2, -0.15) is 0 Å². The van der Waals surface area contributed by atoms with Crippen LogP contribution < -0.4 is 0 Å². The SMILES string of the molecule is CC12CCC3C(=O)OC(c4ccoc4)CC3(C)C1C(=O)C(OC(=O)c1ccco1)CC2C(=O)O. The molecule has 3 aliphatic rings. The first-order valence-corrected chi connectivity index (χ1v) is 11.4. The molecule has 0 aromatic carbocycles. The number of ketones is 1. The third-order valence-corrected chi connectivity index (χ3v) is 8.29. The second-order valence-corrected chi connectivity index (χ2v) is 10.1. The molecule has 2 aromatic rings. The van der Waals surface area contributed by atoms with Crippen molar-refractivity contribution in [2.75, 3.05) is 0 Å². The van der Waals surface area contributed by atoms with E-state index in [4.69, 9.17) is 18.3 Å². The Morgan fingerprint density at radius 3 is 2.59 bits per heavy atom. The van der Waals surface area contributed by atoms with E-state index in [-0.39, 0.29) is 18.0 Å². The predicted molar refractivity (Wildman–Crippen MR) is 113 cm³/mol. The highest BCUT2D eigenvalue weighted by molar-refractivity contribution is 5.95. The Labute approximate surface area is 195 Å². The van der Waals surface area contributed by atoms with Gasteiger partial charge in [0, 0.05) is 17.9 Å². The summed E-state index contributed by atoms with van der Waals surface area (Å²) in [6.45, 7) is 3.67. The van der Waals surface area contributed by atoms with Gasteiger partial charge in [-0.25, -0.2) is 4.79 Å². The second-order valence-electron chi connectivity index (χ2n) is 10.1. The van der Waals surface area contributed by atoms with E-state index in [1.807, 2.05) is 13.8 Å². The van der Waals surface area contributed by atoms with Gasteiger partial charge in [-0.15, -0.1) is 0 Å². The second kappa shape index (κ2) is 7.85. The van der Waals surface area contributed by atoms with Crippen LogP contribution in [0.1, 0.15) is 61.8 Å². The van der Waals surface area contributed by atoms with Crippen molar-refractivity contribution >= 4 is 23.7 Å². The zero-order valence-corrected chi connectivity index (χ0v) is 18.9. The molecule has 2 aliphatic carbocycles. The largest absolute Gasteiger partial charge is 0.481 e. The molecule has 0 bridgehead atoms. The summed E-state index contributed by atoms with van der Waals surface area (Å²) in [7, 11) is 0. The van der Waals surface area contributed by atoms with Crippen LogP contribution in [-0.4, -0.2) is 34.9 Å². The van der Waals surface area contributed by atoms with E-state index in [1.54, 1.807) is 6.07 Å². The fraction of sp³-hybridized carbons (Fsp3) is 0.520. The number of ether oxygens (including phenoxy) is 2. The number of carboxylic acid groups (broad SMARTS) is 1. The van der Waals surface area contributed by atoms with Crippen molar-refractivity contribution in [2.45, 2.75) is 51.7 Å². The van der Waals surface area contributed by atoms with Crippen LogP contribution in [0.3, 0.4) is 0 Å². The number of carboxylic acids is 1. The summed E-state index contributed by atoms with van der Waals surface area (Å²) < 4.78 is 21.4. The van der Waals surface area contributed by atoms with Crippen LogP contribution >= 0.6 is 0 Å². The number of Topliss-reactive ketones (excluding diaryl/α,β-unsaturated/α-hetero) is 1. The standard InChI is InChI=1S/C25H26O9/c1-24-7-5-14-22(29)34-18(13-6-9-31-12-13)11-25(14,2)20(24)19(26)17(10-15(24)21(27)28)33-23(30)16-4-3-8-32-16/h3-4,6,8-9,12,14-15,17-18,20H,5,7,10-11H2,1-2H3,(H,27,28). The molecule has 7 unspecified atom stereocenters. The molecular formula is C25H26O9. The lowest BCUT2D eigenvalue weighted by Gasteiger charge is -2.60. The molecule has 9 heteroatoms. The van der Waals surface area contributed by atoms with Crippen LogP contribution in [0.15, 0.2) is 45.8 Å². The van der Waals surface area contributed by atoms with Crippen molar-refractivity contribution in [3.05, 3.63) is 48.3 Å². The molecule has 2 aromatic heterocycles. The van der Waals surface area contributed by atoms with E-state index in [1.165, 1.54) is 30.9 Å². The zero-order valence-electron chi connectivity index (χ0n) is 18.9. The lowest BCUT2D eigenvalue weighted by Crippen LogP contribution is -2.64. The summed E-state index contributed by atoms with van der Waals surface area (Å²) in [4.78, 5) is 51.9. The quantitative estimate of drug-likeness (QED) is 0.662. The van der Waals surface area contributed by atoms with Crippen LogP contribution in [0.25, 0.3) is 0 Å². The fourth-order valence-electron chi connectivity index (χ4n) is 6.72. The molecule has 180 valence electrons. The van der Waals surface area contributed by atoms with Gasteiger partial charge in [0.15, 0.2) is 11.9 Å². The van der Waals surface area contributed by atoms with Crippen LogP contribution in [0.2, 0.25) is 0 Å². The van der Waals surface area contributed by atoms with Crippen LogP contribution in [0.4, 0.5) is 0 Å². The minimum Gasteiger partial charge on any atom is -0.481 e. The average Bonchev–Trinajstić information content (AvgIpc) is 3.49. The van der Waals surface area contributed by atoms with Crippen molar-refractivity contribution in [1.29, 1.82) is 0 Å². The molecule has 3 fully saturated rings. The number of aliphatic carboxylic acids is 1. The highest BCUT2D eigenvalue weighted by atomic mass is 16.6. The van der Waals surface area contributed by atoms with E-state index < -0.39 is 58.7 Å². The highest BCUT2D eigenvalue weighted by Crippen LogP contribution is 2.65. The minimum atomic E-state index is -1.25. The Morgan fingerprint density at radius 1 is 1.15 bits per heavy atom. The molecule has 0 amide bonds. The van der Waals surface area contributed by atoms with Crippen molar-refractivity contribution in [3.63, 3.8) is 0 Å².